The lowest BCUT2D eigenvalue weighted by Gasteiger charge is -2.23. The van der Waals surface area contributed by atoms with Crippen molar-refractivity contribution < 1.29 is 13.9 Å². The maximum absolute atomic E-state index is 13.3. The second-order valence-corrected chi connectivity index (χ2v) is 6.22. The lowest BCUT2D eigenvalue weighted by atomic mass is 10.1. The zero-order valence-corrected chi connectivity index (χ0v) is 15.1. The molecule has 1 amide bonds. The summed E-state index contributed by atoms with van der Waals surface area (Å²) < 4.78 is 18.7. The first kappa shape index (κ1) is 18.1. The van der Waals surface area contributed by atoms with Crippen LogP contribution in [0.4, 0.5) is 10.3 Å². The third-order valence-corrected chi connectivity index (χ3v) is 4.39. The number of amides is 1. The van der Waals surface area contributed by atoms with Crippen LogP contribution < -0.4 is 9.64 Å². The van der Waals surface area contributed by atoms with E-state index < -0.39 is 0 Å². The van der Waals surface area contributed by atoms with Crippen molar-refractivity contribution in [3.05, 3.63) is 47.4 Å². The number of benzene rings is 1. The highest BCUT2D eigenvalue weighted by Crippen LogP contribution is 2.18. The molecule has 7 heteroatoms. The Balaban J connectivity index is 1.70. The number of aromatic nitrogens is 2. The summed E-state index contributed by atoms with van der Waals surface area (Å²) >= 11 is 0. The van der Waals surface area contributed by atoms with Gasteiger partial charge in [0.25, 0.3) is 5.91 Å². The molecule has 0 aliphatic carbocycles. The lowest BCUT2D eigenvalue weighted by molar-refractivity contribution is 0.0766. The summed E-state index contributed by atoms with van der Waals surface area (Å²) in [6, 6.07) is 6.02. The maximum atomic E-state index is 13.3. The van der Waals surface area contributed by atoms with E-state index in [9.17, 15) is 9.18 Å². The largest absolute Gasteiger partial charge is 0.478 e. The molecule has 0 N–H and O–H groups in total. The lowest BCUT2D eigenvalue weighted by Crippen LogP contribution is -2.36. The predicted molar refractivity (Wildman–Crippen MR) is 97.1 cm³/mol. The number of carbonyl (C=O) groups excluding carboxylic acids is 1. The maximum Gasteiger partial charge on any atom is 0.254 e. The molecule has 1 aromatic carbocycles. The van der Waals surface area contributed by atoms with Crippen LogP contribution in [0.15, 0.2) is 30.5 Å². The highest BCUT2D eigenvalue weighted by atomic mass is 19.1. The molecule has 1 aliphatic heterocycles. The van der Waals surface area contributed by atoms with Gasteiger partial charge < -0.3 is 14.5 Å². The predicted octanol–water partition coefficient (Wildman–Crippen LogP) is 2.68. The molecule has 0 unspecified atom stereocenters. The fourth-order valence-corrected chi connectivity index (χ4v) is 3.07. The summed E-state index contributed by atoms with van der Waals surface area (Å²) in [6.07, 6.45) is 2.50. The summed E-state index contributed by atoms with van der Waals surface area (Å²) in [6.45, 7) is 6.84. The number of hydrogen-bond donors (Lipinski definition) is 0. The van der Waals surface area contributed by atoms with Gasteiger partial charge in [-0.15, -0.1) is 0 Å². The molecule has 0 spiro atoms. The van der Waals surface area contributed by atoms with Crippen molar-refractivity contribution in [1.29, 1.82) is 0 Å². The van der Waals surface area contributed by atoms with Crippen molar-refractivity contribution in [1.82, 2.24) is 14.9 Å². The zero-order valence-electron chi connectivity index (χ0n) is 15.1. The van der Waals surface area contributed by atoms with Crippen molar-refractivity contribution in [2.24, 2.45) is 0 Å². The molecule has 1 saturated heterocycles. The van der Waals surface area contributed by atoms with Crippen LogP contribution in [0, 0.1) is 12.7 Å². The highest BCUT2D eigenvalue weighted by molar-refractivity contribution is 5.95. The molecule has 0 bridgehead atoms. The molecule has 1 fully saturated rings. The van der Waals surface area contributed by atoms with Crippen molar-refractivity contribution in [3.8, 4) is 5.88 Å². The second-order valence-electron chi connectivity index (χ2n) is 6.22. The number of anilines is 1. The number of ether oxygens (including phenoxy) is 1. The normalized spacial score (nSPS) is 14.9. The zero-order chi connectivity index (χ0) is 18.5. The van der Waals surface area contributed by atoms with E-state index in [1.807, 2.05) is 11.8 Å². The van der Waals surface area contributed by atoms with E-state index in [0.717, 1.165) is 13.0 Å². The Hall–Kier alpha value is -2.70. The quantitative estimate of drug-likeness (QED) is 0.841. The van der Waals surface area contributed by atoms with Gasteiger partial charge in [0.1, 0.15) is 5.82 Å². The highest BCUT2D eigenvalue weighted by Gasteiger charge is 2.22. The van der Waals surface area contributed by atoms with Crippen LogP contribution in [-0.2, 0) is 0 Å². The summed E-state index contributed by atoms with van der Waals surface area (Å²) in [7, 11) is 0. The van der Waals surface area contributed by atoms with Gasteiger partial charge >= 0.3 is 0 Å². The number of carbonyl (C=O) groups is 1. The molecule has 1 aliphatic rings. The second kappa shape index (κ2) is 8.12. The Bertz CT molecular complexity index is 784. The molecule has 26 heavy (non-hydrogen) atoms. The van der Waals surface area contributed by atoms with E-state index in [1.54, 1.807) is 25.3 Å². The van der Waals surface area contributed by atoms with Crippen molar-refractivity contribution in [3.63, 3.8) is 0 Å². The van der Waals surface area contributed by atoms with E-state index in [1.165, 1.54) is 12.1 Å². The SMILES string of the molecule is CCOc1ccnc(N2CCCN(C(=O)c3ccc(F)cc3C)CC2)n1. The van der Waals surface area contributed by atoms with E-state index in [-0.39, 0.29) is 11.7 Å². The van der Waals surface area contributed by atoms with E-state index >= 15 is 0 Å². The number of rotatable bonds is 4. The minimum atomic E-state index is -0.326. The first-order valence-corrected chi connectivity index (χ1v) is 8.84. The Kier molecular flexibility index (Phi) is 5.65. The van der Waals surface area contributed by atoms with Crippen molar-refractivity contribution in [2.45, 2.75) is 20.3 Å². The number of hydrogen-bond acceptors (Lipinski definition) is 5. The smallest absolute Gasteiger partial charge is 0.254 e. The molecule has 3 rings (SSSR count). The first-order chi connectivity index (χ1) is 12.6. The molecule has 1 aromatic heterocycles. The Labute approximate surface area is 152 Å². The fourth-order valence-electron chi connectivity index (χ4n) is 3.07. The van der Waals surface area contributed by atoms with Gasteiger partial charge in [-0.2, -0.15) is 4.98 Å². The molecular weight excluding hydrogens is 335 g/mol. The molecule has 6 nitrogen and oxygen atoms in total. The molecular formula is C19H23FN4O2. The Morgan fingerprint density at radius 2 is 2.08 bits per heavy atom. The van der Waals surface area contributed by atoms with E-state index in [0.29, 0.717) is 49.2 Å². The van der Waals surface area contributed by atoms with Gasteiger partial charge in [0.2, 0.25) is 11.8 Å². The third kappa shape index (κ3) is 4.09. The summed E-state index contributed by atoms with van der Waals surface area (Å²) in [4.78, 5) is 25.4. The minimum absolute atomic E-state index is 0.0617. The number of halogens is 1. The standard InChI is InChI=1S/C19H23FN4O2/c1-3-26-17-7-8-21-19(22-17)24-10-4-9-23(11-12-24)18(25)16-6-5-15(20)13-14(16)2/h5-8,13H,3-4,9-12H2,1-2H3. The van der Waals surface area contributed by atoms with Crippen LogP contribution in [0.2, 0.25) is 0 Å². The molecule has 0 atom stereocenters. The van der Waals surface area contributed by atoms with Gasteiger partial charge in [0.05, 0.1) is 6.61 Å². The van der Waals surface area contributed by atoms with Crippen molar-refractivity contribution >= 4 is 11.9 Å². The van der Waals surface area contributed by atoms with Gasteiger partial charge in [0, 0.05) is 44.0 Å². The van der Waals surface area contributed by atoms with Crippen LogP contribution in [0.25, 0.3) is 0 Å². The van der Waals surface area contributed by atoms with Gasteiger partial charge in [-0.3, -0.25) is 4.79 Å². The van der Waals surface area contributed by atoms with Crippen molar-refractivity contribution in [2.75, 3.05) is 37.7 Å². The van der Waals surface area contributed by atoms with E-state index in [2.05, 4.69) is 14.9 Å². The van der Waals surface area contributed by atoms with Crippen LogP contribution in [-0.4, -0.2) is 53.6 Å². The van der Waals surface area contributed by atoms with E-state index in [4.69, 9.17) is 4.74 Å². The first-order valence-electron chi connectivity index (χ1n) is 8.84. The average Bonchev–Trinajstić information content (AvgIpc) is 2.88. The van der Waals surface area contributed by atoms with Gasteiger partial charge in [-0.1, -0.05) is 0 Å². The molecule has 2 aromatic rings. The third-order valence-electron chi connectivity index (χ3n) is 4.39. The number of aryl methyl sites for hydroxylation is 1. The van der Waals surface area contributed by atoms with Crippen LogP contribution >= 0.6 is 0 Å². The Morgan fingerprint density at radius 1 is 1.23 bits per heavy atom. The fraction of sp³-hybridized carbons (Fsp3) is 0.421. The summed E-state index contributed by atoms with van der Waals surface area (Å²) in [5, 5.41) is 0. The van der Waals surface area contributed by atoms with Crippen LogP contribution in [0.1, 0.15) is 29.3 Å². The molecule has 0 radical (unpaired) electrons. The Morgan fingerprint density at radius 3 is 2.85 bits per heavy atom. The monoisotopic (exact) mass is 358 g/mol. The topological polar surface area (TPSA) is 58.6 Å². The number of nitrogens with zero attached hydrogens (tertiary/aromatic N) is 4. The minimum Gasteiger partial charge on any atom is -0.478 e. The molecule has 0 saturated carbocycles. The molecule has 2 heterocycles. The van der Waals surface area contributed by atoms with Gasteiger partial charge in [-0.05, 0) is 44.0 Å². The summed E-state index contributed by atoms with van der Waals surface area (Å²) in [5.74, 6) is 0.778. The van der Waals surface area contributed by atoms with Crippen LogP contribution in [0.3, 0.4) is 0 Å². The van der Waals surface area contributed by atoms with Gasteiger partial charge in [0.15, 0.2) is 0 Å². The molecule has 138 valence electrons. The average molecular weight is 358 g/mol. The van der Waals surface area contributed by atoms with Crippen LogP contribution in [0.5, 0.6) is 5.88 Å². The van der Waals surface area contributed by atoms with Gasteiger partial charge in [-0.25, -0.2) is 9.37 Å². The summed E-state index contributed by atoms with van der Waals surface area (Å²) in [5.41, 5.74) is 1.21.